The highest BCUT2D eigenvalue weighted by Crippen LogP contribution is 2.18. The maximum atomic E-state index is 12.1. The van der Waals surface area contributed by atoms with Gasteiger partial charge in [0.2, 0.25) is 11.8 Å². The second-order valence-corrected chi connectivity index (χ2v) is 5.44. The minimum Gasteiger partial charge on any atom is -0.419 e. The van der Waals surface area contributed by atoms with Crippen molar-refractivity contribution in [2.75, 3.05) is 0 Å². The molecule has 0 aliphatic carbocycles. The summed E-state index contributed by atoms with van der Waals surface area (Å²) >= 11 is 5.99. The van der Waals surface area contributed by atoms with Crippen LogP contribution in [0.5, 0.6) is 0 Å². The Balaban J connectivity index is 1.67. The van der Waals surface area contributed by atoms with Crippen molar-refractivity contribution >= 4 is 17.5 Å². The van der Waals surface area contributed by atoms with Gasteiger partial charge in [-0.25, -0.2) is 0 Å². The van der Waals surface area contributed by atoms with E-state index >= 15 is 0 Å². The molecular formula is C17H14ClN3O2. The second kappa shape index (κ2) is 6.62. The summed E-state index contributed by atoms with van der Waals surface area (Å²) in [5.41, 5.74) is 2.40. The third kappa shape index (κ3) is 3.57. The maximum absolute atomic E-state index is 12.1. The Hall–Kier alpha value is -2.66. The van der Waals surface area contributed by atoms with Gasteiger partial charge in [-0.2, -0.15) is 0 Å². The van der Waals surface area contributed by atoms with Crippen molar-refractivity contribution in [1.29, 1.82) is 0 Å². The summed E-state index contributed by atoms with van der Waals surface area (Å²) in [4.78, 5) is 12.1. The smallest absolute Gasteiger partial charge is 0.253 e. The molecule has 0 unspecified atom stereocenters. The summed E-state index contributed by atoms with van der Waals surface area (Å²) in [6.45, 7) is 2.15. The van der Waals surface area contributed by atoms with E-state index in [2.05, 4.69) is 15.5 Å². The summed E-state index contributed by atoms with van der Waals surface area (Å²) in [6.07, 6.45) is 0. The summed E-state index contributed by atoms with van der Waals surface area (Å²) in [7, 11) is 0. The predicted octanol–water partition coefficient (Wildman–Crippen LogP) is 3.63. The van der Waals surface area contributed by atoms with E-state index in [1.165, 1.54) is 0 Å². The number of carbonyl (C=O) groups is 1. The van der Waals surface area contributed by atoms with Crippen molar-refractivity contribution < 1.29 is 9.21 Å². The van der Waals surface area contributed by atoms with E-state index in [-0.39, 0.29) is 12.5 Å². The van der Waals surface area contributed by atoms with Crippen LogP contribution in [0.1, 0.15) is 21.8 Å². The molecule has 1 aromatic heterocycles. The average Bonchev–Trinajstić information content (AvgIpc) is 3.03. The van der Waals surface area contributed by atoms with E-state index in [4.69, 9.17) is 16.0 Å². The molecule has 0 atom stereocenters. The fourth-order valence-electron chi connectivity index (χ4n) is 2.03. The monoisotopic (exact) mass is 327 g/mol. The topological polar surface area (TPSA) is 68.0 Å². The lowest BCUT2D eigenvalue weighted by Gasteiger charge is -2.04. The lowest BCUT2D eigenvalue weighted by molar-refractivity contribution is 0.0947. The van der Waals surface area contributed by atoms with Crippen molar-refractivity contribution in [1.82, 2.24) is 15.5 Å². The molecule has 0 fully saturated rings. The summed E-state index contributed by atoms with van der Waals surface area (Å²) in [5, 5.41) is 11.0. The number of amides is 1. The number of aromatic nitrogens is 2. The zero-order valence-electron chi connectivity index (χ0n) is 12.4. The van der Waals surface area contributed by atoms with Gasteiger partial charge in [-0.3, -0.25) is 4.79 Å². The molecule has 3 aromatic rings. The first kappa shape index (κ1) is 15.2. The maximum Gasteiger partial charge on any atom is 0.253 e. The van der Waals surface area contributed by atoms with Crippen molar-refractivity contribution in [3.05, 3.63) is 70.6 Å². The van der Waals surface area contributed by atoms with Crippen molar-refractivity contribution in [2.45, 2.75) is 13.5 Å². The van der Waals surface area contributed by atoms with Crippen LogP contribution in [0.3, 0.4) is 0 Å². The first-order valence-electron chi connectivity index (χ1n) is 7.05. The first-order chi connectivity index (χ1) is 11.1. The number of rotatable bonds is 4. The van der Waals surface area contributed by atoms with Crippen LogP contribution in [0.15, 0.2) is 52.9 Å². The van der Waals surface area contributed by atoms with Gasteiger partial charge in [0.15, 0.2) is 0 Å². The molecule has 5 nitrogen and oxygen atoms in total. The molecule has 3 rings (SSSR count). The van der Waals surface area contributed by atoms with Crippen molar-refractivity contribution in [2.24, 2.45) is 0 Å². The van der Waals surface area contributed by atoms with Gasteiger partial charge in [-0.15, -0.1) is 10.2 Å². The van der Waals surface area contributed by atoms with E-state index in [0.717, 1.165) is 11.1 Å². The van der Waals surface area contributed by atoms with Gasteiger partial charge < -0.3 is 9.73 Å². The first-order valence-corrected chi connectivity index (χ1v) is 7.43. The number of hydrogen-bond acceptors (Lipinski definition) is 4. The molecule has 0 aliphatic heterocycles. The Morgan fingerprint density at radius 1 is 1.13 bits per heavy atom. The van der Waals surface area contributed by atoms with Crippen LogP contribution in [0.2, 0.25) is 5.02 Å². The Kier molecular flexibility index (Phi) is 4.39. The molecule has 0 saturated heterocycles. The molecular weight excluding hydrogens is 314 g/mol. The molecule has 1 heterocycles. The van der Waals surface area contributed by atoms with Crippen LogP contribution in [-0.4, -0.2) is 16.1 Å². The molecule has 1 N–H and O–H groups in total. The van der Waals surface area contributed by atoms with E-state index < -0.39 is 0 Å². The standard InChI is InChI=1S/C17H14ClN3O2/c1-11-6-8-12(9-7-11)17-21-20-15(23-17)10-19-16(22)13-4-2-3-5-14(13)18/h2-9H,10H2,1H3,(H,19,22). The quantitative estimate of drug-likeness (QED) is 0.794. The number of aryl methyl sites for hydroxylation is 1. The van der Waals surface area contributed by atoms with Crippen LogP contribution in [0, 0.1) is 6.92 Å². The Morgan fingerprint density at radius 3 is 2.61 bits per heavy atom. The SMILES string of the molecule is Cc1ccc(-c2nnc(CNC(=O)c3ccccc3Cl)o2)cc1. The van der Waals surface area contributed by atoms with Gasteiger partial charge >= 0.3 is 0 Å². The van der Waals surface area contributed by atoms with Crippen LogP contribution < -0.4 is 5.32 Å². The van der Waals surface area contributed by atoms with Crippen LogP contribution >= 0.6 is 11.6 Å². The van der Waals surface area contributed by atoms with Gasteiger partial charge in [-0.05, 0) is 31.2 Å². The van der Waals surface area contributed by atoms with E-state index in [9.17, 15) is 4.79 Å². The molecule has 1 amide bonds. The highest BCUT2D eigenvalue weighted by Gasteiger charge is 2.12. The molecule has 0 saturated carbocycles. The van der Waals surface area contributed by atoms with Gasteiger partial charge in [0.05, 0.1) is 17.1 Å². The zero-order valence-corrected chi connectivity index (χ0v) is 13.2. The molecule has 23 heavy (non-hydrogen) atoms. The lowest BCUT2D eigenvalue weighted by Crippen LogP contribution is -2.23. The van der Waals surface area contributed by atoms with Gasteiger partial charge in [-0.1, -0.05) is 41.4 Å². The minimum absolute atomic E-state index is 0.142. The van der Waals surface area contributed by atoms with Crippen molar-refractivity contribution in [3.8, 4) is 11.5 Å². The van der Waals surface area contributed by atoms with Crippen LogP contribution in [-0.2, 0) is 6.54 Å². The van der Waals surface area contributed by atoms with Crippen molar-refractivity contribution in [3.63, 3.8) is 0 Å². The van der Waals surface area contributed by atoms with E-state index in [1.807, 2.05) is 31.2 Å². The van der Waals surface area contributed by atoms with Gasteiger partial charge in [0.25, 0.3) is 5.91 Å². The normalized spacial score (nSPS) is 10.5. The zero-order chi connectivity index (χ0) is 16.2. The second-order valence-electron chi connectivity index (χ2n) is 5.03. The fourth-order valence-corrected chi connectivity index (χ4v) is 2.26. The van der Waals surface area contributed by atoms with Crippen LogP contribution in [0.25, 0.3) is 11.5 Å². The summed E-state index contributed by atoms with van der Waals surface area (Å²) < 4.78 is 5.56. The number of nitrogens with one attached hydrogen (secondary N) is 1. The Morgan fingerprint density at radius 2 is 1.87 bits per heavy atom. The summed E-state index contributed by atoms with van der Waals surface area (Å²) in [6, 6.07) is 14.6. The highest BCUT2D eigenvalue weighted by molar-refractivity contribution is 6.33. The number of halogens is 1. The largest absolute Gasteiger partial charge is 0.419 e. The highest BCUT2D eigenvalue weighted by atomic mass is 35.5. The average molecular weight is 328 g/mol. The van der Waals surface area contributed by atoms with E-state index in [1.54, 1.807) is 24.3 Å². The third-order valence-electron chi connectivity index (χ3n) is 3.28. The molecule has 0 bridgehead atoms. The van der Waals surface area contributed by atoms with E-state index in [0.29, 0.717) is 22.4 Å². The van der Waals surface area contributed by atoms with Gasteiger partial charge in [0.1, 0.15) is 0 Å². The minimum atomic E-state index is -0.286. The number of hydrogen-bond donors (Lipinski definition) is 1. The number of nitrogens with zero attached hydrogens (tertiary/aromatic N) is 2. The Bertz CT molecular complexity index is 828. The molecule has 6 heteroatoms. The third-order valence-corrected chi connectivity index (χ3v) is 3.61. The molecule has 0 aliphatic rings. The van der Waals surface area contributed by atoms with Crippen LogP contribution in [0.4, 0.5) is 0 Å². The molecule has 0 radical (unpaired) electrons. The molecule has 116 valence electrons. The number of benzene rings is 2. The van der Waals surface area contributed by atoms with Gasteiger partial charge in [0, 0.05) is 5.56 Å². The predicted molar refractivity (Wildman–Crippen MR) is 87.1 cm³/mol. The fraction of sp³-hybridized carbons (Fsp3) is 0.118. The summed E-state index contributed by atoms with van der Waals surface area (Å²) in [5.74, 6) is 0.471. The number of carbonyl (C=O) groups excluding carboxylic acids is 1. The molecule has 2 aromatic carbocycles. The molecule has 0 spiro atoms. The Labute approximate surface area is 138 Å². The lowest BCUT2D eigenvalue weighted by atomic mass is 10.1.